The molecule has 0 saturated heterocycles. The molecule has 2 N–H and O–H groups in total. The number of aryl methyl sites for hydroxylation is 1. The van der Waals surface area contributed by atoms with Gasteiger partial charge in [0.2, 0.25) is 0 Å². The number of nitrogens with zero attached hydrogens (tertiary/aromatic N) is 2. The number of aliphatic hydroxyl groups is 1. The van der Waals surface area contributed by atoms with E-state index in [1.54, 1.807) is 13.0 Å². The van der Waals surface area contributed by atoms with Gasteiger partial charge in [0.15, 0.2) is 5.60 Å². The van der Waals surface area contributed by atoms with Gasteiger partial charge in [-0.15, -0.1) is 0 Å². The van der Waals surface area contributed by atoms with Gasteiger partial charge >= 0.3 is 5.97 Å². The fraction of sp³-hybridized carbons (Fsp3) is 0.467. The SMILES string of the molecule is CC[C@@]1(O)C(=O)OCc2c1cc1n(c2=O)Cc2c-1nc1cc(F)c(Cl)c3c1c2[C@@H](NC(=O)C1(OC(C)C)CC1)CC3. The maximum absolute atomic E-state index is 15.0. The Hall–Kier alpha value is -3.34. The first kappa shape index (κ1) is 26.6. The Morgan fingerprint density at radius 1 is 1.29 bits per heavy atom. The lowest BCUT2D eigenvalue weighted by Crippen LogP contribution is -2.44. The van der Waals surface area contributed by atoms with Crippen LogP contribution >= 0.6 is 11.6 Å². The molecule has 4 aliphatic rings. The van der Waals surface area contributed by atoms with Crippen molar-refractivity contribution < 1.29 is 28.6 Å². The number of aromatic nitrogens is 2. The second-order valence-corrected chi connectivity index (χ2v) is 12.1. The number of pyridine rings is 2. The number of rotatable bonds is 5. The lowest BCUT2D eigenvalue weighted by atomic mass is 9.83. The van der Waals surface area contributed by atoms with Crippen LogP contribution in [-0.2, 0) is 44.2 Å². The molecular weight excluding hydrogens is 553 g/mol. The average Bonchev–Trinajstić information content (AvgIpc) is 3.62. The smallest absolute Gasteiger partial charge is 0.343 e. The van der Waals surface area contributed by atoms with Gasteiger partial charge in [-0.2, -0.15) is 0 Å². The molecule has 11 heteroatoms. The maximum Gasteiger partial charge on any atom is 0.343 e. The number of carbonyl (C=O) groups excluding carboxylic acids is 2. The van der Waals surface area contributed by atoms with Crippen LogP contribution in [0, 0.1) is 5.82 Å². The van der Waals surface area contributed by atoms with Gasteiger partial charge in [0.05, 0.1) is 46.2 Å². The number of nitrogens with one attached hydrogen (secondary N) is 1. The third kappa shape index (κ3) is 3.66. The van der Waals surface area contributed by atoms with Crippen molar-refractivity contribution in [3.8, 4) is 11.4 Å². The molecule has 41 heavy (non-hydrogen) atoms. The van der Waals surface area contributed by atoms with Crippen molar-refractivity contribution in [3.05, 3.63) is 61.1 Å². The summed E-state index contributed by atoms with van der Waals surface area (Å²) in [5.41, 5.74) is 0.500. The molecule has 0 radical (unpaired) electrons. The Kier molecular flexibility index (Phi) is 5.72. The Labute approximate surface area is 239 Å². The van der Waals surface area contributed by atoms with Crippen molar-refractivity contribution in [1.82, 2.24) is 14.9 Å². The molecule has 2 aliphatic heterocycles. The number of fused-ring (bicyclic) bond motifs is 5. The first-order chi connectivity index (χ1) is 19.5. The Bertz CT molecular complexity index is 1760. The van der Waals surface area contributed by atoms with Gasteiger partial charge in [0, 0.05) is 22.6 Å². The quantitative estimate of drug-likeness (QED) is 0.343. The van der Waals surface area contributed by atoms with Crippen molar-refractivity contribution in [3.63, 3.8) is 0 Å². The molecule has 1 aromatic carbocycles. The Morgan fingerprint density at radius 3 is 2.73 bits per heavy atom. The molecule has 0 unspecified atom stereocenters. The van der Waals surface area contributed by atoms with Gasteiger partial charge in [-0.25, -0.2) is 14.2 Å². The molecule has 1 saturated carbocycles. The molecule has 2 aromatic heterocycles. The van der Waals surface area contributed by atoms with Crippen LogP contribution in [0.25, 0.3) is 22.3 Å². The van der Waals surface area contributed by atoms with E-state index in [4.69, 9.17) is 26.1 Å². The van der Waals surface area contributed by atoms with Gasteiger partial charge in [-0.05, 0) is 63.1 Å². The highest BCUT2D eigenvalue weighted by molar-refractivity contribution is 6.32. The first-order valence-corrected chi connectivity index (χ1v) is 14.4. The molecule has 4 heterocycles. The number of ether oxygens (including phenoxy) is 2. The molecule has 7 rings (SSSR count). The molecule has 3 aromatic rings. The van der Waals surface area contributed by atoms with E-state index >= 15 is 0 Å². The van der Waals surface area contributed by atoms with Crippen LogP contribution < -0.4 is 10.9 Å². The number of benzene rings is 1. The third-order valence-electron chi connectivity index (χ3n) is 8.93. The Balaban J connectivity index is 1.43. The molecule has 1 amide bonds. The standard InChI is InChI=1S/C30H29ClFN3O6/c1-4-30(39)17-9-21-25-15(11-35(21)26(36)16(17)12-40-28(30)38)23-19(34-27(37)29(7-8-29)41-13(2)3)6-5-14-22(23)20(33-25)10-18(32)24(14)31/h9-10,13,19,39H,4-8,11-12H2,1-3H3,(H,34,37)/t19-,30-/m0/s1. The van der Waals surface area contributed by atoms with E-state index in [9.17, 15) is 23.9 Å². The molecule has 9 nitrogen and oxygen atoms in total. The van der Waals surface area contributed by atoms with E-state index in [1.807, 2.05) is 13.8 Å². The van der Waals surface area contributed by atoms with E-state index in [2.05, 4.69) is 5.32 Å². The van der Waals surface area contributed by atoms with Crippen LogP contribution in [0.2, 0.25) is 5.02 Å². The van der Waals surface area contributed by atoms with E-state index < -0.39 is 34.6 Å². The van der Waals surface area contributed by atoms with Gasteiger partial charge in [0.25, 0.3) is 11.5 Å². The minimum absolute atomic E-state index is 0.0202. The maximum atomic E-state index is 15.0. The Morgan fingerprint density at radius 2 is 2.05 bits per heavy atom. The number of halogens is 2. The molecular formula is C30H29ClFN3O6. The minimum atomic E-state index is -1.96. The normalized spacial score (nSPS) is 23.2. The van der Waals surface area contributed by atoms with Crippen LogP contribution in [0.5, 0.6) is 0 Å². The van der Waals surface area contributed by atoms with Crippen LogP contribution in [0.15, 0.2) is 16.9 Å². The summed E-state index contributed by atoms with van der Waals surface area (Å²) in [6, 6.07) is 2.46. The lowest BCUT2D eigenvalue weighted by molar-refractivity contribution is -0.172. The minimum Gasteiger partial charge on any atom is -0.458 e. The third-order valence-corrected chi connectivity index (χ3v) is 9.33. The summed E-state index contributed by atoms with van der Waals surface area (Å²) in [7, 11) is 0. The van der Waals surface area contributed by atoms with E-state index in [0.29, 0.717) is 59.1 Å². The van der Waals surface area contributed by atoms with Gasteiger partial charge in [0.1, 0.15) is 18.0 Å². The van der Waals surface area contributed by atoms with Crippen LogP contribution in [0.3, 0.4) is 0 Å². The molecule has 0 bridgehead atoms. The van der Waals surface area contributed by atoms with Crippen molar-refractivity contribution in [2.75, 3.05) is 0 Å². The summed E-state index contributed by atoms with van der Waals surface area (Å²) in [4.78, 5) is 44.6. The largest absolute Gasteiger partial charge is 0.458 e. The highest BCUT2D eigenvalue weighted by Crippen LogP contribution is 2.48. The number of cyclic esters (lactones) is 1. The predicted molar refractivity (Wildman–Crippen MR) is 147 cm³/mol. The second-order valence-electron chi connectivity index (χ2n) is 11.7. The fourth-order valence-electron chi connectivity index (χ4n) is 6.75. The summed E-state index contributed by atoms with van der Waals surface area (Å²) in [6.45, 7) is 5.35. The molecule has 2 atom stereocenters. The summed E-state index contributed by atoms with van der Waals surface area (Å²) in [5, 5.41) is 15.1. The molecule has 214 valence electrons. The summed E-state index contributed by atoms with van der Waals surface area (Å²) in [6.07, 6.45) is 2.09. The lowest BCUT2D eigenvalue weighted by Gasteiger charge is -2.31. The van der Waals surface area contributed by atoms with Gasteiger partial charge < -0.3 is 24.5 Å². The number of hydrogen-bond acceptors (Lipinski definition) is 7. The highest BCUT2D eigenvalue weighted by atomic mass is 35.5. The van der Waals surface area contributed by atoms with E-state index in [1.165, 1.54) is 10.6 Å². The summed E-state index contributed by atoms with van der Waals surface area (Å²) >= 11 is 6.45. The van der Waals surface area contributed by atoms with Crippen LogP contribution in [0.1, 0.15) is 80.3 Å². The predicted octanol–water partition coefficient (Wildman–Crippen LogP) is 3.93. The number of amides is 1. The van der Waals surface area contributed by atoms with Gasteiger partial charge in [-0.1, -0.05) is 18.5 Å². The first-order valence-electron chi connectivity index (χ1n) is 14.0. The zero-order chi connectivity index (χ0) is 29.0. The molecule has 0 spiro atoms. The van der Waals surface area contributed by atoms with Crippen molar-refractivity contribution in [1.29, 1.82) is 0 Å². The van der Waals surface area contributed by atoms with Crippen molar-refractivity contribution in [2.45, 2.75) is 89.4 Å². The fourth-order valence-corrected chi connectivity index (χ4v) is 7.00. The molecule has 1 fully saturated rings. The monoisotopic (exact) mass is 581 g/mol. The van der Waals surface area contributed by atoms with Gasteiger partial charge in [-0.3, -0.25) is 9.59 Å². The van der Waals surface area contributed by atoms with Crippen molar-refractivity contribution >= 4 is 34.4 Å². The van der Waals surface area contributed by atoms with E-state index in [0.717, 1.165) is 5.56 Å². The second kappa shape index (κ2) is 8.83. The summed E-state index contributed by atoms with van der Waals surface area (Å²) < 4.78 is 27.7. The van der Waals surface area contributed by atoms with E-state index in [-0.39, 0.29) is 47.7 Å². The molecule has 2 aliphatic carbocycles. The highest BCUT2D eigenvalue weighted by Gasteiger charge is 2.53. The van der Waals surface area contributed by atoms with Crippen LogP contribution in [0.4, 0.5) is 4.39 Å². The van der Waals surface area contributed by atoms with Crippen LogP contribution in [-0.4, -0.2) is 38.2 Å². The topological polar surface area (TPSA) is 120 Å². The van der Waals surface area contributed by atoms with Crippen molar-refractivity contribution in [2.24, 2.45) is 0 Å². The number of hydrogen-bond donors (Lipinski definition) is 2. The average molecular weight is 582 g/mol. The number of carbonyl (C=O) groups is 2. The zero-order valence-corrected chi connectivity index (χ0v) is 23.7. The summed E-state index contributed by atoms with van der Waals surface area (Å²) in [5.74, 6) is -1.60. The zero-order valence-electron chi connectivity index (χ0n) is 22.9. The number of esters is 1.